The first-order chi connectivity index (χ1) is 15.4. The number of imide groups is 2. The fraction of sp³-hybridized carbons (Fsp3) is 0.0800. The van der Waals surface area contributed by atoms with Crippen molar-refractivity contribution in [3.63, 3.8) is 0 Å². The molecule has 0 radical (unpaired) electrons. The minimum Gasteiger partial charge on any atom is -0.489 e. The lowest BCUT2D eigenvalue weighted by atomic mass is 10.1. The summed E-state index contributed by atoms with van der Waals surface area (Å²) >= 11 is 0. The van der Waals surface area contributed by atoms with Crippen LogP contribution >= 0.6 is 0 Å². The number of urea groups is 1. The van der Waals surface area contributed by atoms with Crippen LogP contribution in [-0.2, 0) is 16.2 Å². The van der Waals surface area contributed by atoms with E-state index in [1.165, 1.54) is 18.2 Å². The van der Waals surface area contributed by atoms with Gasteiger partial charge in [-0.3, -0.25) is 14.9 Å². The normalized spacial score (nSPS) is 15.1. The molecule has 4 rings (SSSR count). The number of barbiturate groups is 1. The standard InChI is InChI=1S/C25H19FN2O4/c1-16-5-9-20(10-6-16)28-24(30)22(23(29)27-25(28)31)14-17-7-11-21(12-8-17)32-15-18-3-2-4-19(26)13-18/h2-14H,15H2,1H3,(H,27,29,31)/b22-14+. The molecule has 7 heteroatoms. The number of benzene rings is 3. The molecule has 1 aliphatic heterocycles. The van der Waals surface area contributed by atoms with Gasteiger partial charge < -0.3 is 4.74 Å². The molecule has 0 atom stereocenters. The third kappa shape index (κ3) is 4.57. The zero-order chi connectivity index (χ0) is 22.7. The van der Waals surface area contributed by atoms with Crippen LogP contribution in [-0.4, -0.2) is 17.8 Å². The smallest absolute Gasteiger partial charge is 0.335 e. The molecule has 3 aromatic rings. The molecule has 1 N–H and O–H groups in total. The van der Waals surface area contributed by atoms with Crippen LogP contribution in [0.4, 0.5) is 14.9 Å². The van der Waals surface area contributed by atoms with E-state index in [4.69, 9.17) is 4.74 Å². The summed E-state index contributed by atoms with van der Waals surface area (Å²) in [6, 6.07) is 18.9. The summed E-state index contributed by atoms with van der Waals surface area (Å²) in [7, 11) is 0. The van der Waals surface area contributed by atoms with Gasteiger partial charge in [0.05, 0.1) is 5.69 Å². The zero-order valence-corrected chi connectivity index (χ0v) is 17.2. The van der Waals surface area contributed by atoms with Crippen molar-refractivity contribution in [3.8, 4) is 5.75 Å². The van der Waals surface area contributed by atoms with Crippen LogP contribution < -0.4 is 15.0 Å². The van der Waals surface area contributed by atoms with Crippen LogP contribution in [0.15, 0.2) is 78.4 Å². The average Bonchev–Trinajstić information content (AvgIpc) is 2.77. The number of carbonyl (C=O) groups is 3. The first-order valence-corrected chi connectivity index (χ1v) is 9.86. The van der Waals surface area contributed by atoms with E-state index >= 15 is 0 Å². The highest BCUT2D eigenvalue weighted by Crippen LogP contribution is 2.23. The highest BCUT2D eigenvalue weighted by Gasteiger charge is 2.36. The lowest BCUT2D eigenvalue weighted by Crippen LogP contribution is -2.54. The van der Waals surface area contributed by atoms with Gasteiger partial charge in [0.15, 0.2) is 0 Å². The van der Waals surface area contributed by atoms with E-state index in [2.05, 4.69) is 5.32 Å². The molecule has 1 heterocycles. The molecule has 0 aliphatic carbocycles. The maximum atomic E-state index is 13.3. The Labute approximate surface area is 183 Å². The first-order valence-electron chi connectivity index (χ1n) is 9.86. The molecule has 1 saturated heterocycles. The number of rotatable bonds is 5. The highest BCUT2D eigenvalue weighted by atomic mass is 19.1. The van der Waals surface area contributed by atoms with E-state index in [9.17, 15) is 18.8 Å². The van der Waals surface area contributed by atoms with Gasteiger partial charge in [0.25, 0.3) is 11.8 Å². The Morgan fingerprint density at radius 3 is 2.38 bits per heavy atom. The van der Waals surface area contributed by atoms with Gasteiger partial charge in [0.2, 0.25) is 0 Å². The van der Waals surface area contributed by atoms with Crippen LogP contribution in [0.3, 0.4) is 0 Å². The van der Waals surface area contributed by atoms with Gasteiger partial charge in [-0.05, 0) is 60.5 Å². The topological polar surface area (TPSA) is 75.7 Å². The predicted octanol–water partition coefficient (Wildman–Crippen LogP) is 4.38. The van der Waals surface area contributed by atoms with Crippen LogP contribution in [0.2, 0.25) is 0 Å². The maximum absolute atomic E-state index is 13.3. The molecule has 0 saturated carbocycles. The largest absolute Gasteiger partial charge is 0.489 e. The Morgan fingerprint density at radius 2 is 1.69 bits per heavy atom. The van der Waals surface area contributed by atoms with Crippen molar-refractivity contribution in [2.24, 2.45) is 0 Å². The molecule has 1 fully saturated rings. The highest BCUT2D eigenvalue weighted by molar-refractivity contribution is 6.39. The van der Waals surface area contributed by atoms with Crippen molar-refractivity contribution in [2.45, 2.75) is 13.5 Å². The van der Waals surface area contributed by atoms with E-state index in [0.29, 0.717) is 22.6 Å². The van der Waals surface area contributed by atoms with Gasteiger partial charge in [-0.25, -0.2) is 14.1 Å². The molecule has 0 aromatic heterocycles. The maximum Gasteiger partial charge on any atom is 0.335 e. The van der Waals surface area contributed by atoms with Crippen molar-refractivity contribution >= 4 is 29.6 Å². The third-order valence-corrected chi connectivity index (χ3v) is 4.88. The predicted molar refractivity (Wildman–Crippen MR) is 117 cm³/mol. The molecular formula is C25H19FN2O4. The average molecular weight is 430 g/mol. The number of halogens is 1. The molecule has 0 spiro atoms. The van der Waals surface area contributed by atoms with Crippen LogP contribution in [0.25, 0.3) is 6.08 Å². The summed E-state index contributed by atoms with van der Waals surface area (Å²) in [5, 5.41) is 2.20. The van der Waals surface area contributed by atoms with Crippen molar-refractivity contribution in [1.29, 1.82) is 0 Å². The number of nitrogens with one attached hydrogen (secondary N) is 1. The number of anilines is 1. The quantitative estimate of drug-likeness (QED) is 0.482. The lowest BCUT2D eigenvalue weighted by molar-refractivity contribution is -0.122. The van der Waals surface area contributed by atoms with Gasteiger partial charge in [-0.15, -0.1) is 0 Å². The van der Waals surface area contributed by atoms with Crippen molar-refractivity contribution in [1.82, 2.24) is 5.32 Å². The molecular weight excluding hydrogens is 411 g/mol. The molecule has 32 heavy (non-hydrogen) atoms. The summed E-state index contributed by atoms with van der Waals surface area (Å²) in [6.45, 7) is 2.09. The Kier molecular flexibility index (Phi) is 5.81. The van der Waals surface area contributed by atoms with E-state index < -0.39 is 17.8 Å². The zero-order valence-electron chi connectivity index (χ0n) is 17.2. The van der Waals surface area contributed by atoms with E-state index in [-0.39, 0.29) is 18.0 Å². The Balaban J connectivity index is 1.51. The molecule has 0 bridgehead atoms. The molecule has 1 aliphatic rings. The second kappa shape index (κ2) is 8.85. The van der Waals surface area contributed by atoms with Crippen molar-refractivity contribution < 1.29 is 23.5 Å². The number of nitrogens with zero attached hydrogens (tertiary/aromatic N) is 1. The summed E-state index contributed by atoms with van der Waals surface area (Å²) in [5.41, 5.74) is 2.47. The monoisotopic (exact) mass is 430 g/mol. The van der Waals surface area contributed by atoms with Crippen LogP contribution in [0, 0.1) is 12.7 Å². The number of hydrogen-bond acceptors (Lipinski definition) is 4. The fourth-order valence-electron chi connectivity index (χ4n) is 3.21. The minimum absolute atomic E-state index is 0.154. The summed E-state index contributed by atoms with van der Waals surface area (Å²) in [4.78, 5) is 38.4. The lowest BCUT2D eigenvalue weighted by Gasteiger charge is -2.26. The Hall–Kier alpha value is -4.26. The van der Waals surface area contributed by atoms with Gasteiger partial charge in [-0.2, -0.15) is 0 Å². The van der Waals surface area contributed by atoms with Crippen LogP contribution in [0.5, 0.6) is 5.75 Å². The number of amides is 4. The van der Waals surface area contributed by atoms with E-state index in [1.54, 1.807) is 60.7 Å². The number of ether oxygens (including phenoxy) is 1. The van der Waals surface area contributed by atoms with Gasteiger partial charge >= 0.3 is 6.03 Å². The Bertz CT molecular complexity index is 1220. The van der Waals surface area contributed by atoms with Gasteiger partial charge in [0, 0.05) is 0 Å². The third-order valence-electron chi connectivity index (χ3n) is 4.88. The van der Waals surface area contributed by atoms with Crippen LogP contribution in [0.1, 0.15) is 16.7 Å². The molecule has 6 nitrogen and oxygen atoms in total. The summed E-state index contributed by atoms with van der Waals surface area (Å²) < 4.78 is 18.9. The van der Waals surface area contributed by atoms with E-state index in [1.807, 2.05) is 6.92 Å². The number of carbonyl (C=O) groups excluding carboxylic acids is 3. The molecule has 160 valence electrons. The summed E-state index contributed by atoms with van der Waals surface area (Å²) in [6.07, 6.45) is 1.42. The van der Waals surface area contributed by atoms with Gasteiger partial charge in [0.1, 0.15) is 23.7 Å². The van der Waals surface area contributed by atoms with Gasteiger partial charge in [-0.1, -0.05) is 42.0 Å². The molecule has 4 amide bonds. The second-order valence-corrected chi connectivity index (χ2v) is 7.28. The summed E-state index contributed by atoms with van der Waals surface area (Å²) in [5.74, 6) is -1.24. The first kappa shape index (κ1) is 21.0. The van der Waals surface area contributed by atoms with E-state index in [0.717, 1.165) is 10.5 Å². The second-order valence-electron chi connectivity index (χ2n) is 7.28. The Morgan fingerprint density at radius 1 is 0.969 bits per heavy atom. The number of hydrogen-bond donors (Lipinski definition) is 1. The fourth-order valence-corrected chi connectivity index (χ4v) is 3.21. The SMILES string of the molecule is Cc1ccc(N2C(=O)NC(=O)/C(=C\c3ccc(OCc4cccc(F)c4)cc3)C2=O)cc1. The molecule has 0 unspecified atom stereocenters. The van der Waals surface area contributed by atoms with Crippen molar-refractivity contribution in [3.05, 3.63) is 101 Å². The number of aryl methyl sites for hydroxylation is 1. The minimum atomic E-state index is -0.790. The van der Waals surface area contributed by atoms with Crippen molar-refractivity contribution in [2.75, 3.05) is 4.90 Å². The molecule has 3 aromatic carbocycles.